The fourth-order valence-corrected chi connectivity index (χ4v) is 6.06. The van der Waals surface area contributed by atoms with Gasteiger partial charge in [-0.05, 0) is 79.4 Å². The summed E-state index contributed by atoms with van der Waals surface area (Å²) in [6.07, 6.45) is 4.58. The predicted octanol–water partition coefficient (Wildman–Crippen LogP) is 7.49. The quantitative estimate of drug-likeness (QED) is 0.182. The summed E-state index contributed by atoms with van der Waals surface area (Å²) in [6.45, 7) is 5.24. The third kappa shape index (κ3) is 6.55. The van der Waals surface area contributed by atoms with Gasteiger partial charge in [0.1, 0.15) is 0 Å². The van der Waals surface area contributed by atoms with Crippen molar-refractivity contribution >= 4 is 34.5 Å². The molecule has 6 heteroatoms. The lowest BCUT2D eigenvalue weighted by atomic mass is 9.97. The van der Waals surface area contributed by atoms with E-state index in [1.54, 1.807) is 6.07 Å². The zero-order chi connectivity index (χ0) is 29.6. The van der Waals surface area contributed by atoms with E-state index in [0.717, 1.165) is 42.9 Å². The van der Waals surface area contributed by atoms with Crippen molar-refractivity contribution < 1.29 is 9.59 Å². The highest BCUT2D eigenvalue weighted by atomic mass is 16.2. The highest BCUT2D eigenvalue weighted by molar-refractivity contribution is 6.37. The Morgan fingerprint density at radius 3 is 2.33 bits per heavy atom. The van der Waals surface area contributed by atoms with Gasteiger partial charge in [0.05, 0.1) is 17.3 Å². The van der Waals surface area contributed by atoms with E-state index in [2.05, 4.69) is 46.0 Å². The summed E-state index contributed by atoms with van der Waals surface area (Å²) in [5.41, 5.74) is 7.27. The van der Waals surface area contributed by atoms with Crippen LogP contribution in [-0.2, 0) is 11.3 Å². The molecular formula is C37H38N4O2. The molecule has 0 bridgehead atoms. The van der Waals surface area contributed by atoms with Crippen LogP contribution in [0.3, 0.4) is 0 Å². The standard InChI is InChI=1S/C37H38N4O2/c1-2-32(27-14-6-3-7-15-27)39-36(42)29-19-20-33-31(24-29)34(37(43)40-33)35(28-16-8-4-9-17-28)38-30-18-12-13-26(23-30)25-41-21-10-5-11-22-41/h3-4,6-9,12-20,23-24,32,38H,2,5,10-11,21-22,25H2,1H3,(H,39,42)(H,40,43)/t32-/m1/s1. The number of piperidine rings is 1. The second-order valence-electron chi connectivity index (χ2n) is 11.3. The number of amides is 2. The monoisotopic (exact) mass is 570 g/mol. The summed E-state index contributed by atoms with van der Waals surface area (Å²) < 4.78 is 0. The molecule has 0 saturated carbocycles. The Morgan fingerprint density at radius 2 is 1.58 bits per heavy atom. The summed E-state index contributed by atoms with van der Waals surface area (Å²) in [4.78, 5) is 29.5. The van der Waals surface area contributed by atoms with Crippen LogP contribution >= 0.6 is 0 Å². The van der Waals surface area contributed by atoms with Gasteiger partial charge in [-0.25, -0.2) is 0 Å². The lowest BCUT2D eigenvalue weighted by Crippen LogP contribution is -2.29. The van der Waals surface area contributed by atoms with Crippen molar-refractivity contribution in [2.75, 3.05) is 23.7 Å². The summed E-state index contributed by atoms with van der Waals surface area (Å²) in [5, 5.41) is 9.79. The smallest absolute Gasteiger partial charge is 0.258 e. The number of anilines is 2. The molecule has 4 aromatic rings. The summed E-state index contributed by atoms with van der Waals surface area (Å²) in [7, 11) is 0. The molecule has 0 aliphatic carbocycles. The minimum absolute atomic E-state index is 0.101. The molecule has 2 aliphatic rings. The second-order valence-corrected chi connectivity index (χ2v) is 11.3. The van der Waals surface area contributed by atoms with Gasteiger partial charge in [0.15, 0.2) is 0 Å². The first kappa shape index (κ1) is 28.4. The highest BCUT2D eigenvalue weighted by Crippen LogP contribution is 2.38. The summed E-state index contributed by atoms with van der Waals surface area (Å²) in [6, 6.07) is 33.6. The topological polar surface area (TPSA) is 73.5 Å². The van der Waals surface area contributed by atoms with Gasteiger partial charge >= 0.3 is 0 Å². The first-order valence-electron chi connectivity index (χ1n) is 15.3. The molecule has 6 rings (SSSR count). The third-order valence-corrected chi connectivity index (χ3v) is 8.31. The third-order valence-electron chi connectivity index (χ3n) is 8.31. The minimum atomic E-state index is -0.195. The van der Waals surface area contributed by atoms with Crippen molar-refractivity contribution in [2.45, 2.75) is 45.2 Å². The number of hydrogen-bond donors (Lipinski definition) is 3. The SMILES string of the molecule is CC[C@@H](NC(=O)c1ccc2c(c1)C(=C(Nc1cccc(CN3CCCCC3)c1)c1ccccc1)C(=O)N2)c1ccccc1. The molecule has 0 spiro atoms. The molecule has 2 aliphatic heterocycles. The maximum absolute atomic E-state index is 13.5. The first-order valence-corrected chi connectivity index (χ1v) is 15.3. The van der Waals surface area contributed by atoms with E-state index >= 15 is 0 Å². The van der Waals surface area contributed by atoms with Crippen molar-refractivity contribution in [3.05, 3.63) is 131 Å². The molecule has 2 amide bonds. The van der Waals surface area contributed by atoms with Crippen LogP contribution in [0.15, 0.2) is 103 Å². The van der Waals surface area contributed by atoms with Gasteiger partial charge in [0, 0.05) is 29.0 Å². The van der Waals surface area contributed by atoms with E-state index in [0.29, 0.717) is 28.1 Å². The Kier molecular flexibility index (Phi) is 8.66. The minimum Gasteiger partial charge on any atom is -0.354 e. The highest BCUT2D eigenvalue weighted by Gasteiger charge is 2.30. The fraction of sp³-hybridized carbons (Fsp3) is 0.243. The Morgan fingerprint density at radius 1 is 0.837 bits per heavy atom. The van der Waals surface area contributed by atoms with Crippen molar-refractivity contribution in [3.8, 4) is 0 Å². The van der Waals surface area contributed by atoms with E-state index in [1.165, 1.54) is 24.8 Å². The molecule has 4 aromatic carbocycles. The Labute approximate surface area is 253 Å². The molecule has 218 valence electrons. The zero-order valence-electron chi connectivity index (χ0n) is 24.6. The van der Waals surface area contributed by atoms with E-state index in [-0.39, 0.29) is 17.9 Å². The molecule has 43 heavy (non-hydrogen) atoms. The van der Waals surface area contributed by atoms with Gasteiger partial charge < -0.3 is 16.0 Å². The molecule has 2 heterocycles. The molecule has 1 atom stereocenters. The molecule has 1 fully saturated rings. The molecule has 0 aromatic heterocycles. The van der Waals surface area contributed by atoms with E-state index in [4.69, 9.17) is 0 Å². The van der Waals surface area contributed by atoms with E-state index in [1.807, 2.05) is 78.9 Å². The van der Waals surface area contributed by atoms with Crippen LogP contribution in [0.5, 0.6) is 0 Å². The number of nitrogens with zero attached hydrogens (tertiary/aromatic N) is 1. The first-order chi connectivity index (χ1) is 21.1. The van der Waals surface area contributed by atoms with E-state index in [9.17, 15) is 9.59 Å². The lowest BCUT2D eigenvalue weighted by Gasteiger charge is -2.26. The Bertz CT molecular complexity index is 1630. The number of rotatable bonds is 9. The molecule has 3 N–H and O–H groups in total. The molecule has 0 unspecified atom stereocenters. The number of carbonyl (C=O) groups excluding carboxylic acids is 2. The predicted molar refractivity (Wildman–Crippen MR) is 174 cm³/mol. The van der Waals surface area contributed by atoms with Gasteiger partial charge in [-0.15, -0.1) is 0 Å². The largest absolute Gasteiger partial charge is 0.354 e. The molecule has 1 saturated heterocycles. The number of fused-ring (bicyclic) bond motifs is 1. The van der Waals surface area contributed by atoms with Crippen LogP contribution in [0.2, 0.25) is 0 Å². The Balaban J connectivity index is 1.34. The number of nitrogens with one attached hydrogen (secondary N) is 3. The second kappa shape index (κ2) is 13.1. The van der Waals surface area contributed by atoms with Gasteiger partial charge in [-0.3, -0.25) is 14.5 Å². The number of likely N-dealkylation sites (tertiary alicyclic amines) is 1. The lowest BCUT2D eigenvalue weighted by molar-refractivity contribution is -0.110. The average molecular weight is 571 g/mol. The zero-order valence-corrected chi connectivity index (χ0v) is 24.6. The summed E-state index contributed by atoms with van der Waals surface area (Å²) in [5.74, 6) is -0.365. The van der Waals surface area contributed by atoms with Crippen molar-refractivity contribution in [1.82, 2.24) is 10.2 Å². The van der Waals surface area contributed by atoms with Crippen LogP contribution in [-0.4, -0.2) is 29.8 Å². The normalized spacial score (nSPS) is 16.6. The van der Waals surface area contributed by atoms with Crippen LogP contribution < -0.4 is 16.0 Å². The average Bonchev–Trinajstić information content (AvgIpc) is 3.38. The van der Waals surface area contributed by atoms with Crippen LogP contribution in [0.25, 0.3) is 11.3 Å². The summed E-state index contributed by atoms with van der Waals surface area (Å²) >= 11 is 0. The van der Waals surface area contributed by atoms with Crippen LogP contribution in [0, 0.1) is 0 Å². The maximum atomic E-state index is 13.5. The van der Waals surface area contributed by atoms with E-state index < -0.39 is 0 Å². The maximum Gasteiger partial charge on any atom is 0.258 e. The van der Waals surface area contributed by atoms with Gasteiger partial charge in [0.25, 0.3) is 11.8 Å². The van der Waals surface area contributed by atoms with Crippen molar-refractivity contribution in [2.24, 2.45) is 0 Å². The number of benzene rings is 4. The van der Waals surface area contributed by atoms with Gasteiger partial charge in [0.2, 0.25) is 0 Å². The van der Waals surface area contributed by atoms with Crippen LogP contribution in [0.4, 0.5) is 11.4 Å². The molecule has 6 nitrogen and oxygen atoms in total. The molecule has 0 radical (unpaired) electrons. The van der Waals surface area contributed by atoms with Crippen LogP contribution in [0.1, 0.15) is 71.3 Å². The van der Waals surface area contributed by atoms with Gasteiger partial charge in [-0.2, -0.15) is 0 Å². The van der Waals surface area contributed by atoms with Gasteiger partial charge in [-0.1, -0.05) is 86.1 Å². The van der Waals surface area contributed by atoms with Crippen molar-refractivity contribution in [1.29, 1.82) is 0 Å². The van der Waals surface area contributed by atoms with Crippen molar-refractivity contribution in [3.63, 3.8) is 0 Å². The molecular weight excluding hydrogens is 532 g/mol. The number of carbonyl (C=O) groups is 2. The fourth-order valence-electron chi connectivity index (χ4n) is 6.06. The number of hydrogen-bond acceptors (Lipinski definition) is 4. The Hall–Kier alpha value is -4.68.